The van der Waals surface area contributed by atoms with E-state index < -0.39 is 0 Å². The van der Waals surface area contributed by atoms with Crippen LogP contribution >= 0.6 is 0 Å². The maximum absolute atomic E-state index is 10.2. The van der Waals surface area contributed by atoms with Gasteiger partial charge < -0.3 is 10.4 Å². The van der Waals surface area contributed by atoms with Crippen LogP contribution in [0.4, 0.5) is 5.69 Å². The first kappa shape index (κ1) is 12.5. The van der Waals surface area contributed by atoms with Gasteiger partial charge in [-0.05, 0) is 31.9 Å². The van der Waals surface area contributed by atoms with E-state index in [9.17, 15) is 5.11 Å². The van der Waals surface area contributed by atoms with Gasteiger partial charge in [-0.1, -0.05) is 12.1 Å². The standard InChI is InChI=1S/C14H19N3O/c1-9-5-6-13(14(18)10(9)2)11(3)16-12-7-15-17(4)8-12/h5-8,11,16,18H,1-4H3/t11-/m0/s1. The summed E-state index contributed by atoms with van der Waals surface area (Å²) < 4.78 is 1.75. The van der Waals surface area contributed by atoms with Gasteiger partial charge in [0.25, 0.3) is 0 Å². The molecule has 0 aliphatic heterocycles. The number of benzene rings is 1. The van der Waals surface area contributed by atoms with Gasteiger partial charge in [0.2, 0.25) is 0 Å². The van der Waals surface area contributed by atoms with Crippen molar-refractivity contribution in [1.82, 2.24) is 9.78 Å². The zero-order valence-corrected chi connectivity index (χ0v) is 11.2. The molecule has 1 aromatic heterocycles. The Hall–Kier alpha value is -1.97. The molecule has 18 heavy (non-hydrogen) atoms. The fourth-order valence-electron chi connectivity index (χ4n) is 1.99. The SMILES string of the molecule is Cc1ccc([C@H](C)Nc2cnn(C)c2)c(O)c1C. The highest BCUT2D eigenvalue weighted by Crippen LogP contribution is 2.31. The van der Waals surface area contributed by atoms with E-state index in [-0.39, 0.29) is 6.04 Å². The molecule has 0 radical (unpaired) electrons. The molecular weight excluding hydrogens is 226 g/mol. The quantitative estimate of drug-likeness (QED) is 0.874. The maximum atomic E-state index is 10.2. The lowest BCUT2D eigenvalue weighted by Gasteiger charge is -2.17. The highest BCUT2D eigenvalue weighted by molar-refractivity contribution is 5.49. The molecule has 0 amide bonds. The molecule has 4 heteroatoms. The van der Waals surface area contributed by atoms with Gasteiger partial charge in [0.15, 0.2) is 0 Å². The zero-order valence-electron chi connectivity index (χ0n) is 11.2. The Kier molecular flexibility index (Phi) is 3.28. The molecule has 4 nitrogen and oxygen atoms in total. The van der Waals surface area contributed by atoms with Crippen LogP contribution in [0.25, 0.3) is 0 Å². The fraction of sp³-hybridized carbons (Fsp3) is 0.357. The first-order valence-electron chi connectivity index (χ1n) is 6.03. The highest BCUT2D eigenvalue weighted by atomic mass is 16.3. The van der Waals surface area contributed by atoms with Crippen molar-refractivity contribution < 1.29 is 5.11 Å². The minimum atomic E-state index is 0.0356. The molecule has 2 aromatic rings. The summed E-state index contributed by atoms with van der Waals surface area (Å²) >= 11 is 0. The predicted octanol–water partition coefficient (Wildman–Crippen LogP) is 2.92. The lowest BCUT2D eigenvalue weighted by Crippen LogP contribution is -2.07. The third-order valence-electron chi connectivity index (χ3n) is 3.29. The summed E-state index contributed by atoms with van der Waals surface area (Å²) in [6, 6.07) is 4.03. The summed E-state index contributed by atoms with van der Waals surface area (Å²) in [5.41, 5.74) is 3.89. The summed E-state index contributed by atoms with van der Waals surface area (Å²) in [4.78, 5) is 0. The van der Waals surface area contributed by atoms with E-state index in [1.807, 2.05) is 46.1 Å². The third-order valence-corrected chi connectivity index (χ3v) is 3.29. The van der Waals surface area contributed by atoms with Gasteiger partial charge in [-0.2, -0.15) is 5.10 Å². The zero-order chi connectivity index (χ0) is 13.3. The Balaban J connectivity index is 2.24. The van der Waals surface area contributed by atoms with Crippen molar-refractivity contribution in [3.8, 4) is 5.75 Å². The lowest BCUT2D eigenvalue weighted by atomic mass is 10.00. The second-order valence-electron chi connectivity index (χ2n) is 4.71. The van der Waals surface area contributed by atoms with Gasteiger partial charge in [-0.15, -0.1) is 0 Å². The molecule has 0 fully saturated rings. The molecule has 0 aliphatic carbocycles. The van der Waals surface area contributed by atoms with Gasteiger partial charge in [0, 0.05) is 18.8 Å². The Labute approximate surface area is 107 Å². The topological polar surface area (TPSA) is 50.1 Å². The molecular formula is C14H19N3O. The van der Waals surface area contributed by atoms with E-state index in [1.54, 1.807) is 10.9 Å². The van der Waals surface area contributed by atoms with Crippen LogP contribution in [0.5, 0.6) is 5.75 Å². The number of aromatic hydroxyl groups is 1. The Morgan fingerprint density at radius 1 is 1.33 bits per heavy atom. The van der Waals surface area contributed by atoms with Crippen LogP contribution in [0.1, 0.15) is 29.7 Å². The molecule has 0 bridgehead atoms. The van der Waals surface area contributed by atoms with Crippen molar-refractivity contribution in [2.24, 2.45) is 7.05 Å². The number of anilines is 1. The molecule has 2 rings (SSSR count). The van der Waals surface area contributed by atoms with E-state index in [0.29, 0.717) is 5.75 Å². The summed E-state index contributed by atoms with van der Waals surface area (Å²) in [6.07, 6.45) is 3.68. The van der Waals surface area contributed by atoms with Crippen molar-refractivity contribution >= 4 is 5.69 Å². The second kappa shape index (κ2) is 4.72. The molecule has 0 spiro atoms. The van der Waals surface area contributed by atoms with Crippen molar-refractivity contribution in [3.05, 3.63) is 41.2 Å². The predicted molar refractivity (Wildman–Crippen MR) is 72.8 cm³/mol. The molecule has 1 atom stereocenters. The van der Waals surface area contributed by atoms with Crippen LogP contribution in [0.15, 0.2) is 24.5 Å². The van der Waals surface area contributed by atoms with Gasteiger partial charge in [-0.3, -0.25) is 4.68 Å². The smallest absolute Gasteiger partial charge is 0.123 e. The Morgan fingerprint density at radius 2 is 2.06 bits per heavy atom. The lowest BCUT2D eigenvalue weighted by molar-refractivity contribution is 0.460. The molecule has 2 N–H and O–H groups in total. The number of rotatable bonds is 3. The number of phenolic OH excluding ortho intramolecular Hbond substituents is 1. The van der Waals surface area contributed by atoms with E-state index in [1.165, 1.54) is 0 Å². The number of aryl methyl sites for hydroxylation is 2. The fourth-order valence-corrected chi connectivity index (χ4v) is 1.99. The van der Waals surface area contributed by atoms with Crippen LogP contribution in [0.3, 0.4) is 0 Å². The third kappa shape index (κ3) is 2.32. The average Bonchev–Trinajstić information content (AvgIpc) is 2.71. The van der Waals surface area contributed by atoms with E-state index >= 15 is 0 Å². The Morgan fingerprint density at radius 3 is 2.67 bits per heavy atom. The van der Waals surface area contributed by atoms with Gasteiger partial charge >= 0.3 is 0 Å². The first-order chi connectivity index (χ1) is 8.49. The van der Waals surface area contributed by atoms with Crippen molar-refractivity contribution in [2.45, 2.75) is 26.8 Å². The first-order valence-corrected chi connectivity index (χ1v) is 6.03. The van der Waals surface area contributed by atoms with Crippen molar-refractivity contribution in [3.63, 3.8) is 0 Å². The monoisotopic (exact) mass is 245 g/mol. The van der Waals surface area contributed by atoms with Crippen LogP contribution < -0.4 is 5.32 Å². The van der Waals surface area contributed by atoms with E-state index in [2.05, 4.69) is 10.4 Å². The summed E-state index contributed by atoms with van der Waals surface area (Å²) in [5, 5.41) is 17.6. The summed E-state index contributed by atoms with van der Waals surface area (Å²) in [7, 11) is 1.88. The highest BCUT2D eigenvalue weighted by Gasteiger charge is 2.13. The number of hydrogen-bond donors (Lipinski definition) is 2. The number of phenols is 1. The average molecular weight is 245 g/mol. The normalized spacial score (nSPS) is 12.4. The molecule has 1 heterocycles. The molecule has 1 aromatic carbocycles. The van der Waals surface area contributed by atoms with Crippen LogP contribution in [0, 0.1) is 13.8 Å². The van der Waals surface area contributed by atoms with Gasteiger partial charge in [0.1, 0.15) is 5.75 Å². The molecule has 0 saturated heterocycles. The van der Waals surface area contributed by atoms with Gasteiger partial charge in [-0.25, -0.2) is 0 Å². The van der Waals surface area contributed by atoms with Gasteiger partial charge in [0.05, 0.1) is 17.9 Å². The second-order valence-corrected chi connectivity index (χ2v) is 4.71. The molecule has 0 saturated carbocycles. The Bertz CT molecular complexity index is 560. The van der Waals surface area contributed by atoms with Crippen molar-refractivity contribution in [2.75, 3.05) is 5.32 Å². The van der Waals surface area contributed by atoms with Crippen LogP contribution in [-0.4, -0.2) is 14.9 Å². The van der Waals surface area contributed by atoms with E-state index in [0.717, 1.165) is 22.4 Å². The number of aromatic nitrogens is 2. The summed E-state index contributed by atoms with van der Waals surface area (Å²) in [6.45, 7) is 5.96. The van der Waals surface area contributed by atoms with Crippen molar-refractivity contribution in [1.29, 1.82) is 0 Å². The maximum Gasteiger partial charge on any atom is 0.123 e. The summed E-state index contributed by atoms with van der Waals surface area (Å²) in [5.74, 6) is 0.374. The number of nitrogens with one attached hydrogen (secondary N) is 1. The number of nitrogens with zero attached hydrogens (tertiary/aromatic N) is 2. The minimum absolute atomic E-state index is 0.0356. The number of hydrogen-bond acceptors (Lipinski definition) is 3. The molecule has 96 valence electrons. The molecule has 0 aliphatic rings. The largest absolute Gasteiger partial charge is 0.507 e. The van der Waals surface area contributed by atoms with E-state index in [4.69, 9.17) is 0 Å². The molecule has 0 unspecified atom stereocenters. The van der Waals surface area contributed by atoms with Crippen LogP contribution in [-0.2, 0) is 7.05 Å². The van der Waals surface area contributed by atoms with Crippen LogP contribution in [0.2, 0.25) is 0 Å². The minimum Gasteiger partial charge on any atom is -0.507 e.